The number of rotatable bonds is 10. The highest BCUT2D eigenvalue weighted by Gasteiger charge is 2.49. The average molecular weight is 648 g/mol. The molecule has 0 radical (unpaired) electrons. The van der Waals surface area contributed by atoms with Crippen LogP contribution in [-0.4, -0.2) is 118 Å². The molecule has 3 fully saturated rings. The lowest BCUT2D eigenvalue weighted by Crippen LogP contribution is -2.36. The number of hydrogen-bond donors (Lipinski definition) is 4. The van der Waals surface area contributed by atoms with E-state index >= 15 is 0 Å². The summed E-state index contributed by atoms with van der Waals surface area (Å²) < 4.78 is 49.6. The minimum Gasteiger partial charge on any atom is -0.394 e. The second-order valence-electron chi connectivity index (χ2n) is 11.0. The highest BCUT2D eigenvalue weighted by molar-refractivity contribution is 7.51. The number of imidazole rings is 2. The fraction of sp³-hybridized carbons (Fsp3) is 0.600. The van der Waals surface area contributed by atoms with Gasteiger partial charge < -0.3 is 35.9 Å². The lowest BCUT2D eigenvalue weighted by Gasteiger charge is -2.30. The van der Waals surface area contributed by atoms with Crippen LogP contribution in [0.1, 0.15) is 31.7 Å². The lowest BCUT2D eigenvalue weighted by atomic mass is 10.1. The van der Waals surface area contributed by atoms with Crippen LogP contribution in [0, 0.1) is 0 Å². The molecule has 3 aliphatic rings. The third-order valence-electron chi connectivity index (χ3n) is 8.40. The average Bonchev–Trinajstić information content (AvgIpc) is 3.86. The van der Waals surface area contributed by atoms with Gasteiger partial charge in [0.05, 0.1) is 25.9 Å². The molecule has 4 aromatic rings. The summed E-state index contributed by atoms with van der Waals surface area (Å²) in [6.45, 7) is 0.303. The molecule has 8 atom stereocenters. The Hall–Kier alpha value is -3.39. The molecule has 6 N–H and O–H groups in total. The molecule has 0 saturated carbocycles. The third-order valence-corrected chi connectivity index (χ3v) is 10.5. The molecule has 0 aromatic carbocycles. The van der Waals surface area contributed by atoms with Crippen LogP contribution in [0.2, 0.25) is 0 Å². The van der Waals surface area contributed by atoms with Crippen LogP contribution < -0.4 is 11.5 Å². The Labute approximate surface area is 256 Å². The van der Waals surface area contributed by atoms with E-state index in [0.29, 0.717) is 35.4 Å². The molecule has 4 unspecified atom stereocenters. The number of nitrogen functional groups attached to an aromatic ring is 2. The predicted octanol–water partition coefficient (Wildman–Crippen LogP) is -0.0106. The number of anilines is 2. The van der Waals surface area contributed by atoms with Crippen molar-refractivity contribution in [3.8, 4) is 0 Å². The van der Waals surface area contributed by atoms with Gasteiger partial charge >= 0.3 is 7.75 Å². The smallest absolute Gasteiger partial charge is 0.394 e. The molecule has 3 aliphatic heterocycles. The number of fused-ring (bicyclic) bond motifs is 2. The maximum Gasteiger partial charge on any atom is 0.408 e. The summed E-state index contributed by atoms with van der Waals surface area (Å²) >= 11 is 0. The zero-order valence-electron chi connectivity index (χ0n) is 24.3. The fourth-order valence-electron chi connectivity index (χ4n) is 6.08. The normalized spacial score (nSPS) is 30.5. The van der Waals surface area contributed by atoms with Gasteiger partial charge in [-0.25, -0.2) is 39.1 Å². The van der Waals surface area contributed by atoms with E-state index in [0.717, 1.165) is 12.8 Å². The van der Waals surface area contributed by atoms with Gasteiger partial charge in [0, 0.05) is 26.6 Å². The molecule has 45 heavy (non-hydrogen) atoms. The van der Waals surface area contributed by atoms with Crippen molar-refractivity contribution >= 4 is 41.7 Å². The van der Waals surface area contributed by atoms with Gasteiger partial charge in [-0.1, -0.05) is 0 Å². The van der Waals surface area contributed by atoms with Crippen LogP contribution in [-0.2, 0) is 27.8 Å². The van der Waals surface area contributed by atoms with Crippen LogP contribution in [0.25, 0.3) is 22.3 Å². The molecule has 7 rings (SSSR count). The Kier molecular flexibility index (Phi) is 8.13. The van der Waals surface area contributed by atoms with Crippen LogP contribution >= 0.6 is 7.75 Å². The van der Waals surface area contributed by atoms with Crippen molar-refractivity contribution in [2.75, 3.05) is 44.9 Å². The Morgan fingerprint density at radius 3 is 2.24 bits per heavy atom. The van der Waals surface area contributed by atoms with Gasteiger partial charge in [0.15, 0.2) is 29.2 Å². The van der Waals surface area contributed by atoms with Crippen molar-refractivity contribution in [2.24, 2.45) is 0 Å². The van der Waals surface area contributed by atoms with E-state index in [1.54, 1.807) is 13.8 Å². The fourth-order valence-corrected chi connectivity index (χ4v) is 8.11. The first-order valence-electron chi connectivity index (χ1n) is 14.5. The second-order valence-corrected chi connectivity index (χ2v) is 13.0. The van der Waals surface area contributed by atoms with Gasteiger partial charge in [0.25, 0.3) is 0 Å². The molecule has 0 amide bonds. The first kappa shape index (κ1) is 30.3. The molecule has 20 heteroatoms. The van der Waals surface area contributed by atoms with Crippen molar-refractivity contribution < 1.29 is 38.0 Å². The van der Waals surface area contributed by atoms with Crippen LogP contribution in [0.4, 0.5) is 11.6 Å². The number of aromatic nitrogens is 8. The standard InChI is InChI=1S/C25H34N11O8P/c1-40-20-19(38)15(43-25(20)36-12-33-18-22(27)29-10-31-24(18)36)8-41-45(39,34-4-2-3-5-34)44-13-6-16(42-14(13)7-37)35-11-32-17-21(26)28-9-30-23(17)35/h9-16,19-20,25,37-38H,2-8H2,1H3,(H2,26,28,30)(H2,27,29,31)/t13?,14-,15-,16-,19?,20?,25-,45?/m1/s1. The van der Waals surface area contributed by atoms with Gasteiger partial charge in [0.1, 0.15) is 60.4 Å². The number of nitrogens with two attached hydrogens (primary N) is 2. The highest BCUT2D eigenvalue weighted by atomic mass is 31.2. The van der Waals surface area contributed by atoms with Gasteiger partial charge in [0.2, 0.25) is 0 Å². The summed E-state index contributed by atoms with van der Waals surface area (Å²) in [4.78, 5) is 25.0. The Morgan fingerprint density at radius 1 is 0.956 bits per heavy atom. The van der Waals surface area contributed by atoms with E-state index in [1.165, 1.54) is 32.4 Å². The van der Waals surface area contributed by atoms with E-state index in [-0.39, 0.29) is 31.3 Å². The van der Waals surface area contributed by atoms with Gasteiger partial charge in [-0.3, -0.25) is 18.2 Å². The second kappa shape index (κ2) is 12.1. The summed E-state index contributed by atoms with van der Waals surface area (Å²) in [6, 6.07) is 0. The highest BCUT2D eigenvalue weighted by Crippen LogP contribution is 2.57. The van der Waals surface area contributed by atoms with Crippen molar-refractivity contribution in [3.05, 3.63) is 25.3 Å². The number of aliphatic hydroxyl groups is 2. The van der Waals surface area contributed by atoms with E-state index in [4.69, 9.17) is 34.7 Å². The zero-order chi connectivity index (χ0) is 31.3. The van der Waals surface area contributed by atoms with Gasteiger partial charge in [-0.05, 0) is 12.8 Å². The number of ether oxygens (including phenoxy) is 3. The van der Waals surface area contributed by atoms with Crippen LogP contribution in [0.3, 0.4) is 0 Å². The molecule has 19 nitrogen and oxygen atoms in total. The van der Waals surface area contributed by atoms with Gasteiger partial charge in [-0.15, -0.1) is 0 Å². The maximum atomic E-state index is 14.5. The quantitative estimate of drug-likeness (QED) is 0.165. The van der Waals surface area contributed by atoms with Crippen molar-refractivity contribution in [1.82, 2.24) is 43.7 Å². The Bertz CT molecular complexity index is 1720. The first-order valence-corrected chi connectivity index (χ1v) is 16.0. The van der Waals surface area contributed by atoms with E-state index in [2.05, 4.69) is 29.9 Å². The molecule has 0 aliphatic carbocycles. The first-order chi connectivity index (χ1) is 21.8. The number of hydrogen-bond acceptors (Lipinski definition) is 16. The van der Waals surface area contributed by atoms with Crippen LogP contribution in [0.5, 0.6) is 0 Å². The molecule has 242 valence electrons. The van der Waals surface area contributed by atoms with E-state index in [9.17, 15) is 14.8 Å². The summed E-state index contributed by atoms with van der Waals surface area (Å²) in [6.07, 6.45) is 1.46. The molecular weight excluding hydrogens is 613 g/mol. The molecule has 4 aromatic heterocycles. The zero-order valence-corrected chi connectivity index (χ0v) is 25.2. The molecular formula is C25H34N11O8P. The SMILES string of the molecule is COC1C(O)[C@@H](COP(=O)(OC2C[C@H](n3cnc4c(N)ncnc43)O[C@@H]2CO)N2CCCC2)O[C@H]1n1cnc2c(N)ncnc21. The van der Waals surface area contributed by atoms with Crippen molar-refractivity contribution in [2.45, 2.75) is 62.2 Å². The molecule has 0 bridgehead atoms. The van der Waals surface area contributed by atoms with Crippen LogP contribution in [0.15, 0.2) is 25.3 Å². The van der Waals surface area contributed by atoms with Crippen molar-refractivity contribution in [3.63, 3.8) is 0 Å². The summed E-state index contributed by atoms with van der Waals surface area (Å²) in [5.74, 6) is 0.427. The third kappa shape index (κ3) is 5.33. The molecule has 3 saturated heterocycles. The minimum absolute atomic E-state index is 0.202. The lowest BCUT2D eigenvalue weighted by molar-refractivity contribution is -0.0611. The number of methoxy groups -OCH3 is 1. The van der Waals surface area contributed by atoms with Gasteiger partial charge in [-0.2, -0.15) is 0 Å². The van der Waals surface area contributed by atoms with E-state index in [1.807, 2.05) is 0 Å². The van der Waals surface area contributed by atoms with Crippen molar-refractivity contribution in [1.29, 1.82) is 0 Å². The largest absolute Gasteiger partial charge is 0.408 e. The van der Waals surface area contributed by atoms with E-state index < -0.39 is 50.7 Å². The summed E-state index contributed by atoms with van der Waals surface area (Å²) in [5, 5.41) is 21.3. The minimum atomic E-state index is -3.98. The predicted molar refractivity (Wildman–Crippen MR) is 155 cm³/mol. The number of nitrogens with zero attached hydrogens (tertiary/aromatic N) is 9. The maximum absolute atomic E-state index is 14.5. The molecule has 7 heterocycles. The summed E-state index contributed by atoms with van der Waals surface area (Å²) in [7, 11) is -2.53. The monoisotopic (exact) mass is 647 g/mol. The number of aliphatic hydroxyl groups excluding tert-OH is 2. The Morgan fingerprint density at radius 2 is 1.60 bits per heavy atom. The summed E-state index contributed by atoms with van der Waals surface area (Å²) in [5.41, 5.74) is 13.5. The molecule has 0 spiro atoms. The topological polar surface area (TPSA) is 246 Å². The Balaban J connectivity index is 1.09.